The van der Waals surface area contributed by atoms with Gasteiger partial charge in [0.2, 0.25) is 0 Å². The number of aromatic amines is 1. The number of phenols is 4. The minimum atomic E-state index is -0.215. The van der Waals surface area contributed by atoms with Crippen LogP contribution in [-0.2, 0) is 0 Å². The summed E-state index contributed by atoms with van der Waals surface area (Å²) in [5.74, 6) is -0.797. The summed E-state index contributed by atoms with van der Waals surface area (Å²) >= 11 is 0. The van der Waals surface area contributed by atoms with Crippen LogP contribution in [0.2, 0.25) is 0 Å². The number of hydrogen-bond acceptors (Lipinski definition) is 5. The molecule has 6 nitrogen and oxygen atoms in total. The van der Waals surface area contributed by atoms with Gasteiger partial charge in [-0.15, -0.1) is 0 Å². The summed E-state index contributed by atoms with van der Waals surface area (Å²) in [4.78, 5) is 8.23. The lowest BCUT2D eigenvalue weighted by Crippen LogP contribution is -2.00. The molecule has 0 unspecified atom stereocenters. The number of aromatic nitrogens is 1. The average molecular weight is 479 g/mol. The lowest BCUT2D eigenvalue weighted by Gasteiger charge is -2.16. The van der Waals surface area contributed by atoms with Gasteiger partial charge in [-0.05, 0) is 86.0 Å². The Morgan fingerprint density at radius 2 is 1.33 bits per heavy atom. The smallest absolute Gasteiger partial charge is 0.167 e. The van der Waals surface area contributed by atoms with Gasteiger partial charge in [-0.2, -0.15) is 0 Å². The van der Waals surface area contributed by atoms with Gasteiger partial charge < -0.3 is 25.4 Å². The summed E-state index contributed by atoms with van der Waals surface area (Å²) < 4.78 is 0. The van der Waals surface area contributed by atoms with Gasteiger partial charge in [0.1, 0.15) is 0 Å². The molecule has 1 aliphatic heterocycles. The Hall–Kier alpha value is -4.71. The second kappa shape index (κ2) is 8.82. The van der Waals surface area contributed by atoms with Crippen LogP contribution in [0.5, 0.6) is 23.0 Å². The molecule has 0 amide bonds. The highest BCUT2D eigenvalue weighted by molar-refractivity contribution is 6.14. The summed E-state index contributed by atoms with van der Waals surface area (Å²) in [5.41, 5.74) is 8.81. The van der Waals surface area contributed by atoms with Crippen LogP contribution in [0.3, 0.4) is 0 Å². The predicted molar refractivity (Wildman–Crippen MR) is 142 cm³/mol. The number of nitrogens with one attached hydrogen (secondary N) is 1. The van der Waals surface area contributed by atoms with E-state index < -0.39 is 0 Å². The van der Waals surface area contributed by atoms with E-state index in [4.69, 9.17) is 4.99 Å². The molecule has 4 aromatic rings. The maximum absolute atomic E-state index is 10.4. The van der Waals surface area contributed by atoms with Crippen molar-refractivity contribution in [3.8, 4) is 34.3 Å². The Morgan fingerprint density at radius 3 is 2.00 bits per heavy atom. The first-order valence-electron chi connectivity index (χ1n) is 11.6. The van der Waals surface area contributed by atoms with Crippen LogP contribution in [-0.4, -0.2) is 31.1 Å². The van der Waals surface area contributed by atoms with Crippen LogP contribution >= 0.6 is 0 Å². The molecule has 5 rings (SSSR count). The van der Waals surface area contributed by atoms with Gasteiger partial charge in [-0.3, -0.25) is 0 Å². The fraction of sp³-hybridized carbons (Fsp3) is 0.100. The molecule has 5 N–H and O–H groups in total. The number of rotatable bonds is 4. The highest BCUT2D eigenvalue weighted by Crippen LogP contribution is 2.40. The second-order valence-electron chi connectivity index (χ2n) is 9.00. The van der Waals surface area contributed by atoms with Crippen molar-refractivity contribution in [2.75, 3.05) is 0 Å². The van der Waals surface area contributed by atoms with Crippen LogP contribution in [0.1, 0.15) is 33.5 Å². The third kappa shape index (κ3) is 3.92. The van der Waals surface area contributed by atoms with Crippen LogP contribution in [0, 0.1) is 20.8 Å². The second-order valence-corrected chi connectivity index (χ2v) is 9.00. The largest absolute Gasteiger partial charge is 0.504 e. The molecule has 0 saturated carbocycles. The predicted octanol–water partition coefficient (Wildman–Crippen LogP) is 6.25. The summed E-state index contributed by atoms with van der Waals surface area (Å²) in [6, 6.07) is 17.7. The van der Waals surface area contributed by atoms with Gasteiger partial charge in [-0.25, -0.2) is 4.99 Å². The lowest BCUT2D eigenvalue weighted by atomic mass is 9.91. The number of phenolic OH excluding ortho intramolecular Hbond substituents is 4. The maximum Gasteiger partial charge on any atom is 0.167 e. The summed E-state index contributed by atoms with van der Waals surface area (Å²) in [6.07, 6.45) is 3.70. The fourth-order valence-electron chi connectivity index (χ4n) is 4.81. The highest BCUT2D eigenvalue weighted by Gasteiger charge is 2.22. The molecule has 0 spiro atoms. The number of H-pyrrole nitrogens is 1. The van der Waals surface area contributed by atoms with E-state index in [1.807, 2.05) is 24.3 Å². The Bertz CT molecular complexity index is 1580. The van der Waals surface area contributed by atoms with E-state index in [1.165, 1.54) is 12.1 Å². The number of para-hydroxylation sites is 2. The van der Waals surface area contributed by atoms with Crippen molar-refractivity contribution < 1.29 is 20.4 Å². The first-order chi connectivity index (χ1) is 17.2. The van der Waals surface area contributed by atoms with Gasteiger partial charge in [-0.1, -0.05) is 29.8 Å². The van der Waals surface area contributed by atoms with E-state index in [0.717, 1.165) is 33.5 Å². The molecule has 2 heterocycles. The van der Waals surface area contributed by atoms with Crippen LogP contribution in [0.25, 0.3) is 16.8 Å². The molecule has 36 heavy (non-hydrogen) atoms. The average Bonchev–Trinajstić information content (AvgIpc) is 3.50. The van der Waals surface area contributed by atoms with Crippen molar-refractivity contribution in [1.82, 2.24) is 4.98 Å². The summed E-state index contributed by atoms with van der Waals surface area (Å²) in [7, 11) is 0. The van der Waals surface area contributed by atoms with Gasteiger partial charge in [0.15, 0.2) is 23.0 Å². The van der Waals surface area contributed by atoms with Gasteiger partial charge in [0.05, 0.1) is 11.4 Å². The zero-order chi connectivity index (χ0) is 25.6. The minimum Gasteiger partial charge on any atom is -0.504 e. The number of hydrogen-bond donors (Lipinski definition) is 5. The topological polar surface area (TPSA) is 109 Å². The summed E-state index contributed by atoms with van der Waals surface area (Å²) in [6.45, 7) is 6.18. The van der Waals surface area contributed by atoms with Crippen molar-refractivity contribution in [1.29, 1.82) is 0 Å². The van der Waals surface area contributed by atoms with Crippen molar-refractivity contribution in [3.05, 3.63) is 112 Å². The molecule has 1 aliphatic rings. The fourth-order valence-corrected chi connectivity index (χ4v) is 4.81. The zero-order valence-corrected chi connectivity index (χ0v) is 20.2. The Kier molecular flexibility index (Phi) is 5.65. The molecule has 0 bridgehead atoms. The Labute approximate surface area is 208 Å². The van der Waals surface area contributed by atoms with E-state index in [2.05, 4.69) is 37.9 Å². The monoisotopic (exact) mass is 478 g/mol. The molecule has 0 fully saturated rings. The van der Waals surface area contributed by atoms with Crippen LogP contribution < -0.4 is 0 Å². The van der Waals surface area contributed by atoms with E-state index in [9.17, 15) is 20.4 Å². The molecule has 0 aliphatic carbocycles. The molecule has 0 atom stereocenters. The molecule has 0 saturated heterocycles. The standard InChI is InChI=1S/C30H26N2O4/c1-16-14-17(2)27(18(3)15-16)28(23-12-10-21(31-23)19-6-4-8-25(33)29(19)35)24-13-11-22(32-24)20-7-5-9-26(34)30(20)36/h4-15,31,33-36H,1-3H3/b28-24+. The van der Waals surface area contributed by atoms with E-state index >= 15 is 0 Å². The first kappa shape index (κ1) is 23.1. The molecule has 1 aromatic heterocycles. The molecule has 6 heteroatoms. The van der Waals surface area contributed by atoms with E-state index in [-0.39, 0.29) is 23.0 Å². The van der Waals surface area contributed by atoms with Crippen molar-refractivity contribution in [2.45, 2.75) is 20.8 Å². The van der Waals surface area contributed by atoms with Crippen LogP contribution in [0.15, 0.2) is 83.5 Å². The van der Waals surface area contributed by atoms with Gasteiger partial charge in [0, 0.05) is 28.1 Å². The maximum atomic E-state index is 10.4. The Balaban J connectivity index is 1.72. The summed E-state index contributed by atoms with van der Waals surface area (Å²) in [5, 5.41) is 40.7. The Morgan fingerprint density at radius 1 is 0.722 bits per heavy atom. The molecule has 3 aromatic carbocycles. The molecule has 180 valence electrons. The van der Waals surface area contributed by atoms with Crippen LogP contribution in [0.4, 0.5) is 0 Å². The number of aryl methyl sites for hydroxylation is 3. The number of allylic oxidation sites excluding steroid dienone is 2. The first-order valence-corrected chi connectivity index (χ1v) is 11.6. The van der Waals surface area contributed by atoms with Gasteiger partial charge in [0.25, 0.3) is 0 Å². The SMILES string of the molecule is Cc1cc(C)c(/C(=C2\C=CC(c3cccc(O)c3O)=N2)c2ccc(-c3cccc(O)c3O)[nH]2)c(C)c1. The van der Waals surface area contributed by atoms with Crippen molar-refractivity contribution >= 4 is 11.3 Å². The minimum absolute atomic E-state index is 0.189. The van der Waals surface area contributed by atoms with E-state index in [1.54, 1.807) is 24.3 Å². The van der Waals surface area contributed by atoms with Crippen molar-refractivity contribution in [3.63, 3.8) is 0 Å². The number of aromatic hydroxyl groups is 4. The third-order valence-corrected chi connectivity index (χ3v) is 6.37. The molecular weight excluding hydrogens is 452 g/mol. The quantitative estimate of drug-likeness (QED) is 0.223. The number of aliphatic imine (C=N–C) groups is 1. The zero-order valence-electron chi connectivity index (χ0n) is 20.2. The normalized spacial score (nSPS) is 14.2. The highest BCUT2D eigenvalue weighted by atomic mass is 16.3. The number of nitrogens with zero attached hydrogens (tertiary/aromatic N) is 1. The molecule has 0 radical (unpaired) electrons. The lowest BCUT2D eigenvalue weighted by molar-refractivity contribution is 0.403. The van der Waals surface area contributed by atoms with Gasteiger partial charge >= 0.3 is 0 Å². The van der Waals surface area contributed by atoms with Crippen molar-refractivity contribution in [2.24, 2.45) is 4.99 Å². The van der Waals surface area contributed by atoms with E-state index in [0.29, 0.717) is 28.2 Å². The third-order valence-electron chi connectivity index (χ3n) is 6.37. The molecular formula is C30H26N2O4. The number of benzene rings is 3.